The highest BCUT2D eigenvalue weighted by Crippen LogP contribution is 2.38. The number of hydrogen-bond donors (Lipinski definition) is 2. The summed E-state index contributed by atoms with van der Waals surface area (Å²) in [5.74, 6) is 1.88. The molecule has 0 atom stereocenters. The van der Waals surface area contributed by atoms with Crippen molar-refractivity contribution in [2.24, 2.45) is 0 Å². The fourth-order valence-electron chi connectivity index (χ4n) is 4.78. The first kappa shape index (κ1) is 28.8. The Morgan fingerprint density at radius 1 is 1.17 bits per heavy atom. The Morgan fingerprint density at radius 3 is 2.73 bits per heavy atom. The Kier molecular flexibility index (Phi) is 8.76. The number of nitrogens with one attached hydrogen (secondary N) is 2. The average Bonchev–Trinajstić information content (AvgIpc) is 3.39. The first-order chi connectivity index (χ1) is 19.8. The lowest BCUT2D eigenvalue weighted by Crippen LogP contribution is -2.36. The van der Waals surface area contributed by atoms with Gasteiger partial charge in [-0.05, 0) is 66.3 Å². The van der Waals surface area contributed by atoms with Crippen molar-refractivity contribution < 1.29 is 9.53 Å². The van der Waals surface area contributed by atoms with Crippen LogP contribution in [-0.2, 0) is 17.8 Å². The number of methoxy groups -OCH3 is 1. The fourth-order valence-corrected chi connectivity index (χ4v) is 5.43. The molecule has 41 heavy (non-hydrogen) atoms. The van der Waals surface area contributed by atoms with Crippen LogP contribution >= 0.6 is 27.9 Å². The van der Waals surface area contributed by atoms with Gasteiger partial charge in [-0.15, -0.1) is 0 Å². The highest BCUT2D eigenvalue weighted by atomic mass is 79.9. The molecule has 2 aromatic heterocycles. The molecule has 4 aromatic rings. The van der Waals surface area contributed by atoms with Gasteiger partial charge < -0.3 is 29.5 Å². The van der Waals surface area contributed by atoms with Crippen LogP contribution in [0.15, 0.2) is 47.3 Å². The van der Waals surface area contributed by atoms with Crippen molar-refractivity contribution in [3.8, 4) is 5.75 Å². The number of hydrogen-bond acceptors (Lipinski definition) is 11. The summed E-state index contributed by atoms with van der Waals surface area (Å²) in [6.07, 6.45) is 7.89. The van der Waals surface area contributed by atoms with E-state index in [9.17, 15) is 4.79 Å². The number of anilines is 5. The highest BCUT2D eigenvalue weighted by molar-refractivity contribution is 9.10. The van der Waals surface area contributed by atoms with E-state index in [-0.39, 0.29) is 5.91 Å². The van der Waals surface area contributed by atoms with Crippen LogP contribution in [0, 0.1) is 0 Å². The predicted molar refractivity (Wildman–Crippen MR) is 169 cm³/mol. The zero-order chi connectivity index (χ0) is 29.1. The maximum absolute atomic E-state index is 12.8. The van der Waals surface area contributed by atoms with Crippen LogP contribution in [0.3, 0.4) is 0 Å². The second-order valence-electron chi connectivity index (χ2n) is 9.76. The molecular weight excluding hydrogens is 606 g/mol. The lowest BCUT2D eigenvalue weighted by molar-refractivity contribution is -0.119. The third-order valence-corrected chi connectivity index (χ3v) is 8.08. The van der Waals surface area contributed by atoms with E-state index in [1.165, 1.54) is 0 Å². The quantitative estimate of drug-likeness (QED) is 0.236. The van der Waals surface area contributed by atoms with E-state index in [1.807, 2.05) is 65.8 Å². The second-order valence-corrected chi connectivity index (χ2v) is 11.5. The molecule has 0 spiro atoms. The number of fused-ring (bicyclic) bond motifs is 2. The van der Waals surface area contributed by atoms with Gasteiger partial charge in [0, 0.05) is 56.2 Å². The molecule has 13 heteroatoms. The van der Waals surface area contributed by atoms with Gasteiger partial charge in [-0.1, -0.05) is 11.9 Å². The van der Waals surface area contributed by atoms with E-state index in [4.69, 9.17) is 9.72 Å². The van der Waals surface area contributed by atoms with Gasteiger partial charge in [-0.3, -0.25) is 14.8 Å². The van der Waals surface area contributed by atoms with Crippen molar-refractivity contribution in [3.05, 3.63) is 58.5 Å². The molecule has 2 aromatic carbocycles. The van der Waals surface area contributed by atoms with Gasteiger partial charge in [0.2, 0.25) is 11.9 Å². The van der Waals surface area contributed by atoms with Crippen LogP contribution in [0.2, 0.25) is 0 Å². The standard InChI is InChI=1S/C28H32BrN9O2S/c1-36(2)16-24(39)38-11-8-17-13-23(40-4)18(12-22(17)38)14-32-28-33-15-19(29)27(35-28)34-21-7-6-20-25(31-10-9-30-20)26(21)37(3)41-5/h6-7,9-10,12-13,15H,8,11,14,16H2,1-5H3,(H2,32,33,34,35). The Bertz CT molecular complexity index is 1590. The number of rotatable bonds is 10. The van der Waals surface area contributed by atoms with E-state index in [0.29, 0.717) is 35.9 Å². The minimum atomic E-state index is 0.0796. The summed E-state index contributed by atoms with van der Waals surface area (Å²) in [4.78, 5) is 34.8. The van der Waals surface area contributed by atoms with E-state index >= 15 is 0 Å². The maximum atomic E-state index is 12.8. The number of aromatic nitrogens is 4. The SMILES string of the molecule is COc1cc2c(cc1CNc1ncc(Br)c(Nc3ccc4nccnc4c3N(C)SC)n1)N(C(=O)CN(C)C)CC2. The predicted octanol–water partition coefficient (Wildman–Crippen LogP) is 4.71. The summed E-state index contributed by atoms with van der Waals surface area (Å²) in [5, 5.41) is 6.77. The van der Waals surface area contributed by atoms with Gasteiger partial charge in [0.25, 0.3) is 0 Å². The van der Waals surface area contributed by atoms with E-state index in [0.717, 1.165) is 51.4 Å². The minimum Gasteiger partial charge on any atom is -0.496 e. The van der Waals surface area contributed by atoms with Gasteiger partial charge in [0.1, 0.15) is 17.1 Å². The van der Waals surface area contributed by atoms with Crippen molar-refractivity contribution in [3.63, 3.8) is 0 Å². The number of likely N-dealkylation sites (N-methyl/N-ethyl adjacent to an activating group) is 1. The van der Waals surface area contributed by atoms with Crippen molar-refractivity contribution in [2.45, 2.75) is 13.0 Å². The van der Waals surface area contributed by atoms with Crippen LogP contribution in [0.4, 0.5) is 28.8 Å². The summed E-state index contributed by atoms with van der Waals surface area (Å²) < 4.78 is 8.45. The van der Waals surface area contributed by atoms with Crippen molar-refractivity contribution >= 4 is 73.6 Å². The molecule has 1 amide bonds. The normalized spacial score (nSPS) is 12.5. The topological polar surface area (TPSA) is 112 Å². The average molecular weight is 639 g/mol. The molecule has 3 heterocycles. The van der Waals surface area contributed by atoms with E-state index in [2.05, 4.69) is 41.5 Å². The molecule has 1 aliphatic rings. The largest absolute Gasteiger partial charge is 0.496 e. The second kappa shape index (κ2) is 12.5. The zero-order valence-corrected chi connectivity index (χ0v) is 26.0. The number of ether oxygens (including phenoxy) is 1. The number of halogens is 1. The lowest BCUT2D eigenvalue weighted by atomic mass is 10.1. The molecule has 5 rings (SSSR count). The van der Waals surface area contributed by atoms with Crippen LogP contribution in [0.25, 0.3) is 11.0 Å². The van der Waals surface area contributed by atoms with Crippen molar-refractivity contribution in [1.82, 2.24) is 24.8 Å². The zero-order valence-electron chi connectivity index (χ0n) is 23.6. The molecule has 11 nitrogen and oxygen atoms in total. The van der Waals surface area contributed by atoms with Gasteiger partial charge in [-0.2, -0.15) is 4.98 Å². The third-order valence-electron chi connectivity index (χ3n) is 6.77. The fraction of sp³-hybridized carbons (Fsp3) is 0.321. The molecular formula is C28H32BrN9O2S. The van der Waals surface area contributed by atoms with Crippen molar-refractivity contribution in [1.29, 1.82) is 0 Å². The number of carbonyl (C=O) groups excluding carboxylic acids is 1. The maximum Gasteiger partial charge on any atom is 0.241 e. The number of benzene rings is 2. The highest BCUT2D eigenvalue weighted by Gasteiger charge is 2.27. The summed E-state index contributed by atoms with van der Waals surface area (Å²) in [6, 6.07) is 7.96. The molecule has 0 unspecified atom stereocenters. The Hall–Kier alpha value is -3.68. The molecule has 0 aliphatic carbocycles. The smallest absolute Gasteiger partial charge is 0.241 e. The molecule has 1 aliphatic heterocycles. The van der Waals surface area contributed by atoms with E-state index in [1.54, 1.807) is 37.6 Å². The van der Waals surface area contributed by atoms with Gasteiger partial charge in [-0.25, -0.2) is 4.98 Å². The Labute approximate surface area is 252 Å². The number of carbonyl (C=O) groups is 1. The van der Waals surface area contributed by atoms with Gasteiger partial charge in [0.05, 0.1) is 35.0 Å². The summed E-state index contributed by atoms with van der Waals surface area (Å²) in [6.45, 7) is 1.44. The van der Waals surface area contributed by atoms with Crippen LogP contribution in [0.1, 0.15) is 11.1 Å². The molecule has 0 radical (unpaired) electrons. The van der Waals surface area contributed by atoms with Crippen LogP contribution < -0.4 is 24.6 Å². The lowest BCUT2D eigenvalue weighted by Gasteiger charge is -2.22. The van der Waals surface area contributed by atoms with Crippen molar-refractivity contribution in [2.75, 3.05) is 67.4 Å². The number of amides is 1. The molecule has 0 saturated carbocycles. The molecule has 0 fully saturated rings. The van der Waals surface area contributed by atoms with Crippen LogP contribution in [0.5, 0.6) is 5.75 Å². The minimum absolute atomic E-state index is 0.0796. The first-order valence-electron chi connectivity index (χ1n) is 13.0. The summed E-state index contributed by atoms with van der Waals surface area (Å²) in [5.41, 5.74) is 6.28. The molecule has 214 valence electrons. The molecule has 2 N–H and O–H groups in total. The Balaban J connectivity index is 1.39. The number of nitrogens with zero attached hydrogens (tertiary/aromatic N) is 7. The molecule has 0 bridgehead atoms. The third kappa shape index (κ3) is 6.16. The van der Waals surface area contributed by atoms with Gasteiger partial charge >= 0.3 is 0 Å². The summed E-state index contributed by atoms with van der Waals surface area (Å²) >= 11 is 5.16. The summed E-state index contributed by atoms with van der Waals surface area (Å²) in [7, 11) is 7.44. The molecule has 0 saturated heterocycles. The monoisotopic (exact) mass is 637 g/mol. The van der Waals surface area contributed by atoms with Crippen LogP contribution in [-0.4, -0.2) is 78.3 Å². The Morgan fingerprint density at radius 2 is 1.98 bits per heavy atom. The van der Waals surface area contributed by atoms with Gasteiger partial charge in [0.15, 0.2) is 0 Å². The van der Waals surface area contributed by atoms with E-state index < -0.39 is 0 Å². The first-order valence-corrected chi connectivity index (χ1v) is 15.0.